The van der Waals surface area contributed by atoms with Gasteiger partial charge in [-0.05, 0) is 42.1 Å². The van der Waals surface area contributed by atoms with Crippen molar-refractivity contribution < 1.29 is 28.2 Å². The van der Waals surface area contributed by atoms with E-state index in [9.17, 15) is 18.8 Å². The van der Waals surface area contributed by atoms with Crippen molar-refractivity contribution in [1.82, 2.24) is 19.5 Å². The van der Waals surface area contributed by atoms with Gasteiger partial charge in [0.05, 0.1) is 25.0 Å². The fourth-order valence-electron chi connectivity index (χ4n) is 4.42. The molecule has 11 nitrogen and oxygen atoms in total. The lowest BCUT2D eigenvalue weighted by molar-refractivity contribution is -0.126. The maximum atomic E-state index is 13.9. The second-order valence-electron chi connectivity index (χ2n) is 8.93. The lowest BCUT2D eigenvalue weighted by Crippen LogP contribution is -2.49. The van der Waals surface area contributed by atoms with Crippen molar-refractivity contribution in [3.05, 3.63) is 46.2 Å². The zero-order valence-electron chi connectivity index (χ0n) is 20.4. The van der Waals surface area contributed by atoms with E-state index in [4.69, 9.17) is 20.9 Å². The van der Waals surface area contributed by atoms with E-state index >= 15 is 0 Å². The van der Waals surface area contributed by atoms with Gasteiger partial charge in [0.25, 0.3) is 11.8 Å². The maximum absolute atomic E-state index is 13.9. The van der Waals surface area contributed by atoms with Gasteiger partial charge < -0.3 is 31.2 Å². The van der Waals surface area contributed by atoms with Gasteiger partial charge >= 0.3 is 0 Å². The number of aromatic nitrogens is 1. The average molecular weight is 535 g/mol. The molecule has 13 heteroatoms. The molecule has 3 amide bonds. The van der Waals surface area contributed by atoms with Crippen molar-refractivity contribution >= 4 is 34.9 Å². The number of primary amides is 1. The van der Waals surface area contributed by atoms with E-state index in [1.165, 1.54) is 29.2 Å². The molecule has 0 radical (unpaired) electrons. The SMILES string of the molecule is NC(=O)c1nsc(C(=O)N(CCN2CCOCC2)[C@@H](C(=O)NC[C@H]2CCCO2)c2ccc(F)cc2)c1N. The first-order valence-electron chi connectivity index (χ1n) is 12.2. The average Bonchev–Trinajstić information content (AvgIpc) is 3.56. The van der Waals surface area contributed by atoms with Crippen LogP contribution in [0, 0.1) is 5.82 Å². The molecule has 0 spiro atoms. The number of nitrogens with two attached hydrogens (primary N) is 2. The van der Waals surface area contributed by atoms with Crippen LogP contribution in [0.2, 0.25) is 0 Å². The number of carbonyl (C=O) groups excluding carboxylic acids is 3. The van der Waals surface area contributed by atoms with Gasteiger partial charge in [0, 0.05) is 39.3 Å². The summed E-state index contributed by atoms with van der Waals surface area (Å²) < 4.78 is 28.7. The Kier molecular flexibility index (Phi) is 9.03. The molecule has 2 atom stereocenters. The van der Waals surface area contributed by atoms with Crippen LogP contribution in [0.4, 0.5) is 10.1 Å². The minimum atomic E-state index is -1.09. The minimum Gasteiger partial charge on any atom is -0.395 e. The van der Waals surface area contributed by atoms with E-state index in [1.54, 1.807) is 0 Å². The van der Waals surface area contributed by atoms with Crippen LogP contribution >= 0.6 is 11.5 Å². The molecule has 2 saturated heterocycles. The highest BCUT2D eigenvalue weighted by atomic mass is 32.1. The van der Waals surface area contributed by atoms with Crippen LogP contribution in [0.15, 0.2) is 24.3 Å². The molecule has 0 unspecified atom stereocenters. The lowest BCUT2D eigenvalue weighted by Gasteiger charge is -2.34. The number of halogens is 1. The van der Waals surface area contributed by atoms with Crippen molar-refractivity contribution in [2.24, 2.45) is 5.73 Å². The standard InChI is InChI=1S/C24H31FN6O5S/c25-16-5-3-15(4-6-16)20(23(33)28-14-17-2-1-11-36-17)31(8-7-30-9-12-35-13-10-30)24(34)21-18(26)19(22(27)32)29-37-21/h3-6,17,20H,1-2,7-14,26H2,(H2,27,32)(H,28,33)/t17-,20-/m1/s1. The minimum absolute atomic E-state index is 0.00909. The number of hydrogen-bond acceptors (Lipinski definition) is 9. The third-order valence-electron chi connectivity index (χ3n) is 6.45. The zero-order valence-corrected chi connectivity index (χ0v) is 21.2. The van der Waals surface area contributed by atoms with Crippen LogP contribution in [0.1, 0.15) is 44.6 Å². The number of ether oxygens (including phenoxy) is 2. The Hall–Kier alpha value is -3.13. The van der Waals surface area contributed by atoms with Crippen molar-refractivity contribution in [3.8, 4) is 0 Å². The van der Waals surface area contributed by atoms with E-state index < -0.39 is 29.6 Å². The summed E-state index contributed by atoms with van der Waals surface area (Å²) in [6.07, 6.45) is 1.64. The fourth-order valence-corrected chi connectivity index (χ4v) is 5.18. The molecule has 200 valence electrons. The summed E-state index contributed by atoms with van der Waals surface area (Å²) in [4.78, 5) is 42.7. The van der Waals surface area contributed by atoms with Crippen LogP contribution < -0.4 is 16.8 Å². The molecular formula is C24H31FN6O5S. The Morgan fingerprint density at radius 3 is 2.57 bits per heavy atom. The quantitative estimate of drug-likeness (QED) is 0.404. The maximum Gasteiger partial charge on any atom is 0.270 e. The molecule has 0 aliphatic carbocycles. The molecule has 1 aromatic heterocycles. The van der Waals surface area contributed by atoms with Gasteiger partial charge in [0.2, 0.25) is 5.91 Å². The summed E-state index contributed by atoms with van der Waals surface area (Å²) >= 11 is 0.751. The number of benzene rings is 1. The summed E-state index contributed by atoms with van der Waals surface area (Å²) in [5.74, 6) is -2.32. The van der Waals surface area contributed by atoms with Gasteiger partial charge in [-0.3, -0.25) is 19.3 Å². The zero-order chi connectivity index (χ0) is 26.4. The van der Waals surface area contributed by atoms with Crippen LogP contribution in [0.25, 0.3) is 0 Å². The second-order valence-corrected chi connectivity index (χ2v) is 9.70. The first-order valence-corrected chi connectivity index (χ1v) is 12.9. The van der Waals surface area contributed by atoms with Crippen LogP contribution in [0.5, 0.6) is 0 Å². The van der Waals surface area contributed by atoms with E-state index in [-0.39, 0.29) is 35.5 Å². The van der Waals surface area contributed by atoms with Gasteiger partial charge in [-0.15, -0.1) is 0 Å². The molecule has 0 bridgehead atoms. The number of amides is 3. The Morgan fingerprint density at radius 1 is 1.22 bits per heavy atom. The predicted octanol–water partition coefficient (Wildman–Crippen LogP) is 0.774. The number of rotatable bonds is 10. The van der Waals surface area contributed by atoms with Crippen molar-refractivity contribution in [1.29, 1.82) is 0 Å². The normalized spacial score (nSPS) is 18.9. The molecule has 5 N–H and O–H groups in total. The Balaban J connectivity index is 1.66. The van der Waals surface area contributed by atoms with E-state index in [0.717, 1.165) is 24.4 Å². The van der Waals surface area contributed by atoms with E-state index in [1.807, 2.05) is 0 Å². The monoisotopic (exact) mass is 534 g/mol. The molecule has 0 saturated carbocycles. The molecular weight excluding hydrogens is 503 g/mol. The highest BCUT2D eigenvalue weighted by Crippen LogP contribution is 2.29. The number of nitrogen functional groups attached to an aromatic ring is 1. The van der Waals surface area contributed by atoms with Crippen LogP contribution in [0.3, 0.4) is 0 Å². The first kappa shape index (κ1) is 26.9. The van der Waals surface area contributed by atoms with Crippen molar-refractivity contribution in [2.75, 3.05) is 58.3 Å². The van der Waals surface area contributed by atoms with Gasteiger partial charge in [0.15, 0.2) is 5.69 Å². The van der Waals surface area contributed by atoms with E-state index in [0.29, 0.717) is 45.0 Å². The number of anilines is 1. The molecule has 2 fully saturated rings. The van der Waals surface area contributed by atoms with Gasteiger partial charge in [0.1, 0.15) is 16.7 Å². The Morgan fingerprint density at radius 2 is 1.95 bits per heavy atom. The van der Waals surface area contributed by atoms with Crippen molar-refractivity contribution in [3.63, 3.8) is 0 Å². The highest BCUT2D eigenvalue weighted by Gasteiger charge is 2.35. The van der Waals surface area contributed by atoms with Crippen LogP contribution in [-0.4, -0.2) is 90.5 Å². The smallest absolute Gasteiger partial charge is 0.270 e. The Bertz CT molecular complexity index is 1100. The molecule has 1 aromatic carbocycles. The fraction of sp³-hybridized carbons (Fsp3) is 0.500. The predicted molar refractivity (Wildman–Crippen MR) is 134 cm³/mol. The van der Waals surface area contributed by atoms with Gasteiger partial charge in [-0.2, -0.15) is 4.37 Å². The molecule has 2 aliphatic heterocycles. The number of nitrogens with one attached hydrogen (secondary N) is 1. The second kappa shape index (κ2) is 12.4. The summed E-state index contributed by atoms with van der Waals surface area (Å²) in [6.45, 7) is 4.06. The molecule has 4 rings (SSSR count). The third-order valence-corrected chi connectivity index (χ3v) is 7.30. The summed E-state index contributed by atoms with van der Waals surface area (Å²) in [7, 11) is 0. The molecule has 3 heterocycles. The number of carbonyl (C=O) groups is 3. The van der Waals surface area contributed by atoms with Gasteiger partial charge in [-0.1, -0.05) is 12.1 Å². The topological polar surface area (TPSA) is 153 Å². The molecule has 37 heavy (non-hydrogen) atoms. The highest BCUT2D eigenvalue weighted by molar-refractivity contribution is 7.09. The van der Waals surface area contributed by atoms with Gasteiger partial charge in [-0.25, -0.2) is 4.39 Å². The summed E-state index contributed by atoms with van der Waals surface area (Å²) in [5.41, 5.74) is 11.5. The first-order chi connectivity index (χ1) is 17.8. The summed E-state index contributed by atoms with van der Waals surface area (Å²) in [6, 6.07) is 4.35. The Labute approximate surface area is 218 Å². The number of morpholine rings is 1. The molecule has 2 aromatic rings. The lowest BCUT2D eigenvalue weighted by atomic mass is 10.0. The summed E-state index contributed by atoms with van der Waals surface area (Å²) in [5, 5.41) is 2.90. The number of nitrogens with zero attached hydrogens (tertiary/aromatic N) is 3. The third kappa shape index (κ3) is 6.60. The van der Waals surface area contributed by atoms with E-state index in [2.05, 4.69) is 14.6 Å². The largest absolute Gasteiger partial charge is 0.395 e. The number of hydrogen-bond donors (Lipinski definition) is 3. The van der Waals surface area contributed by atoms with Crippen LogP contribution in [-0.2, 0) is 14.3 Å². The molecule has 2 aliphatic rings. The van der Waals surface area contributed by atoms with Crippen molar-refractivity contribution in [2.45, 2.75) is 25.0 Å².